The van der Waals surface area contributed by atoms with Gasteiger partial charge in [-0.1, -0.05) is 0 Å². The maximum Gasteiger partial charge on any atom is 0.337 e. The van der Waals surface area contributed by atoms with Crippen molar-refractivity contribution < 1.29 is 9.53 Å². The van der Waals surface area contributed by atoms with Gasteiger partial charge in [-0.25, -0.2) is 4.79 Å². The second kappa shape index (κ2) is 7.27. The fourth-order valence-corrected chi connectivity index (χ4v) is 3.45. The number of fused-ring (bicyclic) bond motifs is 1. The number of benzene rings is 1. The van der Waals surface area contributed by atoms with Crippen LogP contribution in [0.1, 0.15) is 29.6 Å². The lowest BCUT2D eigenvalue weighted by atomic mass is 10.1. The zero-order chi connectivity index (χ0) is 17.1. The fraction of sp³-hybridized carbons (Fsp3) is 0.471. The lowest BCUT2D eigenvalue weighted by Crippen LogP contribution is -2.26. The monoisotopic (exact) mass is 347 g/mol. The average molecular weight is 347 g/mol. The summed E-state index contributed by atoms with van der Waals surface area (Å²) in [5.41, 5.74) is 0.831. The van der Waals surface area contributed by atoms with Gasteiger partial charge < -0.3 is 14.6 Å². The third-order valence-electron chi connectivity index (χ3n) is 4.46. The Morgan fingerprint density at radius 1 is 1.29 bits per heavy atom. The number of methoxy groups -OCH3 is 1. The number of carbonyl (C=O) groups excluding carboxylic acids is 1. The number of hydrogen-bond acceptors (Lipinski definition) is 5. The van der Waals surface area contributed by atoms with Crippen molar-refractivity contribution in [2.45, 2.75) is 25.8 Å². The lowest BCUT2D eigenvalue weighted by molar-refractivity contribution is 0.0601. The number of rotatable bonds is 5. The van der Waals surface area contributed by atoms with Crippen molar-refractivity contribution in [2.75, 3.05) is 26.7 Å². The largest absolute Gasteiger partial charge is 0.465 e. The number of carbonyl (C=O) groups is 1. The van der Waals surface area contributed by atoms with Gasteiger partial charge in [-0.15, -0.1) is 0 Å². The molecule has 1 saturated heterocycles. The molecule has 24 heavy (non-hydrogen) atoms. The molecular formula is C17H21N3O3S. The molecule has 1 N–H and O–H groups in total. The third-order valence-corrected chi connectivity index (χ3v) is 4.78. The number of aromatic nitrogens is 2. The minimum absolute atomic E-state index is 0.119. The highest BCUT2D eigenvalue weighted by atomic mass is 32.1. The summed E-state index contributed by atoms with van der Waals surface area (Å²) in [6.07, 6.45) is 3.42. The Labute approximate surface area is 145 Å². The molecule has 0 amide bonds. The lowest BCUT2D eigenvalue weighted by Gasteiger charge is -2.15. The van der Waals surface area contributed by atoms with E-state index in [0.717, 1.165) is 26.1 Å². The van der Waals surface area contributed by atoms with Gasteiger partial charge in [-0.3, -0.25) is 9.36 Å². The van der Waals surface area contributed by atoms with Gasteiger partial charge in [0, 0.05) is 6.54 Å². The van der Waals surface area contributed by atoms with Crippen LogP contribution in [0.15, 0.2) is 23.0 Å². The van der Waals surface area contributed by atoms with E-state index >= 15 is 0 Å². The second-order valence-corrected chi connectivity index (χ2v) is 6.43. The zero-order valence-electron chi connectivity index (χ0n) is 13.7. The van der Waals surface area contributed by atoms with Crippen LogP contribution in [0, 0.1) is 4.77 Å². The molecule has 3 rings (SSSR count). The summed E-state index contributed by atoms with van der Waals surface area (Å²) in [7, 11) is 1.33. The first-order chi connectivity index (χ1) is 11.6. The van der Waals surface area contributed by atoms with Crippen molar-refractivity contribution in [2.24, 2.45) is 0 Å². The molecule has 1 fully saturated rings. The SMILES string of the molecule is COC(=O)c1ccc2c(=O)n(CCCN3CCCC3)c(=S)[nH]c2c1. The molecule has 0 atom stereocenters. The standard InChI is InChI=1S/C17H21N3O3S/c1-23-16(22)12-5-6-13-14(11-12)18-17(24)20(15(13)21)10-4-9-19-7-2-3-8-19/h5-6,11H,2-4,7-10H2,1H3,(H,18,24). The summed E-state index contributed by atoms with van der Waals surface area (Å²) in [6, 6.07) is 4.85. The van der Waals surface area contributed by atoms with E-state index in [9.17, 15) is 9.59 Å². The summed E-state index contributed by atoms with van der Waals surface area (Å²) in [5.74, 6) is -0.439. The number of H-pyrrole nitrogens is 1. The number of likely N-dealkylation sites (tertiary alicyclic amines) is 1. The Morgan fingerprint density at radius 2 is 2.04 bits per heavy atom. The van der Waals surface area contributed by atoms with Crippen LogP contribution in [-0.4, -0.2) is 47.2 Å². The smallest absolute Gasteiger partial charge is 0.337 e. The summed E-state index contributed by atoms with van der Waals surface area (Å²) in [6.45, 7) is 3.88. The van der Waals surface area contributed by atoms with Crippen molar-refractivity contribution >= 4 is 29.1 Å². The zero-order valence-corrected chi connectivity index (χ0v) is 14.5. The van der Waals surface area contributed by atoms with E-state index in [1.165, 1.54) is 20.0 Å². The summed E-state index contributed by atoms with van der Waals surface area (Å²) >= 11 is 5.33. The normalized spacial score (nSPS) is 15.0. The van der Waals surface area contributed by atoms with E-state index in [1.807, 2.05) is 0 Å². The topological polar surface area (TPSA) is 67.3 Å². The van der Waals surface area contributed by atoms with Crippen LogP contribution in [0.3, 0.4) is 0 Å². The first kappa shape index (κ1) is 16.9. The molecule has 0 saturated carbocycles. The van der Waals surface area contributed by atoms with Gasteiger partial charge in [-0.2, -0.15) is 0 Å². The fourth-order valence-electron chi connectivity index (χ4n) is 3.16. The highest BCUT2D eigenvalue weighted by Gasteiger charge is 2.12. The second-order valence-electron chi connectivity index (χ2n) is 6.04. The van der Waals surface area contributed by atoms with Crippen LogP contribution in [0.5, 0.6) is 0 Å². The molecule has 0 bridgehead atoms. The molecule has 2 aromatic rings. The van der Waals surface area contributed by atoms with Crippen LogP contribution in [0.4, 0.5) is 0 Å². The summed E-state index contributed by atoms with van der Waals surface area (Å²) in [5, 5.41) is 0.525. The number of nitrogens with one attached hydrogen (secondary N) is 1. The Hall–Kier alpha value is -1.99. The molecule has 7 heteroatoms. The molecule has 2 heterocycles. The number of nitrogens with zero attached hydrogens (tertiary/aromatic N) is 2. The van der Waals surface area contributed by atoms with Crippen LogP contribution in [-0.2, 0) is 11.3 Å². The van der Waals surface area contributed by atoms with Crippen molar-refractivity contribution in [1.29, 1.82) is 0 Å². The van der Waals surface area contributed by atoms with Gasteiger partial charge in [0.1, 0.15) is 0 Å². The number of ether oxygens (including phenoxy) is 1. The molecule has 1 aromatic heterocycles. The number of aromatic amines is 1. The molecular weight excluding hydrogens is 326 g/mol. The van der Waals surface area contributed by atoms with Gasteiger partial charge in [-0.05, 0) is 69.3 Å². The third kappa shape index (κ3) is 3.42. The highest BCUT2D eigenvalue weighted by molar-refractivity contribution is 7.71. The van der Waals surface area contributed by atoms with Crippen molar-refractivity contribution in [3.63, 3.8) is 0 Å². The van der Waals surface area contributed by atoms with Crippen LogP contribution >= 0.6 is 12.2 Å². The van der Waals surface area contributed by atoms with Gasteiger partial charge >= 0.3 is 5.97 Å². The molecule has 0 radical (unpaired) electrons. The molecule has 1 aliphatic rings. The van der Waals surface area contributed by atoms with Gasteiger partial charge in [0.15, 0.2) is 4.77 Å². The Kier molecular flexibility index (Phi) is 5.11. The maximum atomic E-state index is 12.7. The van der Waals surface area contributed by atoms with Crippen molar-refractivity contribution in [3.05, 3.63) is 38.9 Å². The van der Waals surface area contributed by atoms with E-state index in [0.29, 0.717) is 27.8 Å². The predicted octanol–water partition coefficient (Wildman–Crippen LogP) is 2.33. The van der Waals surface area contributed by atoms with E-state index in [1.54, 1.807) is 22.8 Å². The number of esters is 1. The molecule has 0 unspecified atom stereocenters. The Bertz CT molecular complexity index is 865. The minimum Gasteiger partial charge on any atom is -0.465 e. The molecule has 0 aliphatic carbocycles. The van der Waals surface area contributed by atoms with E-state index in [-0.39, 0.29) is 5.56 Å². The van der Waals surface area contributed by atoms with E-state index in [2.05, 4.69) is 9.88 Å². The molecule has 1 aliphatic heterocycles. The average Bonchev–Trinajstić information content (AvgIpc) is 3.10. The molecule has 0 spiro atoms. The van der Waals surface area contributed by atoms with Crippen LogP contribution in [0.2, 0.25) is 0 Å². The predicted molar refractivity (Wildman–Crippen MR) is 95.0 cm³/mol. The first-order valence-corrected chi connectivity index (χ1v) is 8.58. The molecule has 1 aromatic carbocycles. The van der Waals surface area contributed by atoms with Gasteiger partial charge in [0.25, 0.3) is 5.56 Å². The summed E-state index contributed by atoms with van der Waals surface area (Å²) < 4.78 is 6.69. The summed E-state index contributed by atoms with van der Waals surface area (Å²) in [4.78, 5) is 29.8. The minimum atomic E-state index is -0.439. The van der Waals surface area contributed by atoms with Crippen molar-refractivity contribution in [3.8, 4) is 0 Å². The molecule has 6 nitrogen and oxygen atoms in total. The van der Waals surface area contributed by atoms with Gasteiger partial charge in [0.05, 0.1) is 23.6 Å². The van der Waals surface area contributed by atoms with Crippen molar-refractivity contribution in [1.82, 2.24) is 14.5 Å². The highest BCUT2D eigenvalue weighted by Crippen LogP contribution is 2.12. The first-order valence-electron chi connectivity index (χ1n) is 8.17. The van der Waals surface area contributed by atoms with Crippen LogP contribution in [0.25, 0.3) is 10.9 Å². The van der Waals surface area contributed by atoms with Gasteiger partial charge in [0.2, 0.25) is 0 Å². The van der Waals surface area contributed by atoms with Crippen LogP contribution < -0.4 is 5.56 Å². The number of hydrogen-bond donors (Lipinski definition) is 1. The van der Waals surface area contributed by atoms with E-state index < -0.39 is 5.97 Å². The quantitative estimate of drug-likeness (QED) is 0.664. The Morgan fingerprint density at radius 3 is 2.75 bits per heavy atom. The Balaban J connectivity index is 1.85. The van der Waals surface area contributed by atoms with E-state index in [4.69, 9.17) is 17.0 Å². The maximum absolute atomic E-state index is 12.7. The molecule has 128 valence electrons.